The third kappa shape index (κ3) is 3.27. The Kier molecular flexibility index (Phi) is 4.43. The zero-order valence-electron chi connectivity index (χ0n) is 13.0. The van der Waals surface area contributed by atoms with Crippen molar-refractivity contribution in [2.75, 3.05) is 6.61 Å². The minimum Gasteiger partial charge on any atom is -0.463 e. The topological polar surface area (TPSA) is 65.5 Å². The maximum absolute atomic E-state index is 12.3. The molecule has 0 amide bonds. The second-order valence-corrected chi connectivity index (χ2v) is 6.33. The average molecular weight is 331 g/mol. The maximum atomic E-state index is 12.3. The van der Waals surface area contributed by atoms with Gasteiger partial charge in [-0.25, -0.2) is 14.6 Å². The van der Waals surface area contributed by atoms with Gasteiger partial charge < -0.3 is 9.47 Å². The van der Waals surface area contributed by atoms with E-state index in [1.165, 1.54) is 16.9 Å². The van der Waals surface area contributed by atoms with Gasteiger partial charge in [0.2, 0.25) is 6.10 Å². The molecular weight excluding hydrogens is 314 g/mol. The van der Waals surface area contributed by atoms with Crippen LogP contribution in [0.25, 0.3) is 10.6 Å². The van der Waals surface area contributed by atoms with Crippen molar-refractivity contribution in [1.29, 1.82) is 0 Å². The molecule has 0 N–H and O–H groups in total. The highest BCUT2D eigenvalue weighted by Crippen LogP contribution is 2.29. The molecule has 6 heteroatoms. The number of hydrogen-bond acceptors (Lipinski definition) is 6. The van der Waals surface area contributed by atoms with Crippen LogP contribution in [-0.2, 0) is 20.7 Å². The lowest BCUT2D eigenvalue weighted by Gasteiger charge is -2.06. The SMILES string of the molecule is CCc1ccc(-c2nc(C)c(C(=O)O[C@@H]3CCOC3=O)s2)cc1. The molecule has 1 fully saturated rings. The van der Waals surface area contributed by atoms with E-state index in [1.54, 1.807) is 6.92 Å². The molecule has 2 aromatic rings. The van der Waals surface area contributed by atoms with Gasteiger partial charge in [-0.2, -0.15) is 0 Å². The summed E-state index contributed by atoms with van der Waals surface area (Å²) in [5.41, 5.74) is 2.83. The fourth-order valence-corrected chi connectivity index (χ4v) is 3.31. The van der Waals surface area contributed by atoms with Crippen molar-refractivity contribution >= 4 is 23.3 Å². The highest BCUT2D eigenvalue weighted by atomic mass is 32.1. The van der Waals surface area contributed by atoms with Crippen molar-refractivity contribution in [2.45, 2.75) is 32.8 Å². The van der Waals surface area contributed by atoms with Gasteiger partial charge in [0.1, 0.15) is 9.88 Å². The van der Waals surface area contributed by atoms with Gasteiger partial charge in [-0.1, -0.05) is 31.2 Å². The summed E-state index contributed by atoms with van der Waals surface area (Å²) in [5, 5.41) is 0.770. The summed E-state index contributed by atoms with van der Waals surface area (Å²) in [6.07, 6.45) is 0.594. The van der Waals surface area contributed by atoms with Crippen LogP contribution in [0.2, 0.25) is 0 Å². The van der Waals surface area contributed by atoms with Crippen molar-refractivity contribution in [2.24, 2.45) is 0 Å². The number of carbonyl (C=O) groups is 2. The number of benzene rings is 1. The molecule has 0 unspecified atom stereocenters. The quantitative estimate of drug-likeness (QED) is 0.805. The predicted molar refractivity (Wildman–Crippen MR) is 86.4 cm³/mol. The maximum Gasteiger partial charge on any atom is 0.351 e. The molecule has 2 heterocycles. The van der Waals surface area contributed by atoms with Gasteiger partial charge >= 0.3 is 11.9 Å². The fraction of sp³-hybridized carbons (Fsp3) is 0.353. The van der Waals surface area contributed by atoms with E-state index in [0.29, 0.717) is 23.6 Å². The Labute approximate surface area is 138 Å². The standard InChI is InChI=1S/C17H17NO4S/c1-3-11-4-6-12(7-5-11)15-18-10(2)14(23-15)17(20)22-13-8-9-21-16(13)19/h4-7,13H,3,8-9H2,1-2H3/t13-/m1/s1. The zero-order valence-corrected chi connectivity index (χ0v) is 13.8. The van der Waals surface area contributed by atoms with E-state index < -0.39 is 18.0 Å². The van der Waals surface area contributed by atoms with E-state index in [-0.39, 0.29) is 0 Å². The number of cyclic esters (lactones) is 1. The molecule has 0 radical (unpaired) electrons. The minimum atomic E-state index is -0.795. The first kappa shape index (κ1) is 15.7. The van der Waals surface area contributed by atoms with E-state index in [9.17, 15) is 9.59 Å². The zero-order chi connectivity index (χ0) is 16.4. The average Bonchev–Trinajstić information content (AvgIpc) is 3.14. The molecular formula is C17H17NO4S. The normalized spacial score (nSPS) is 17.1. The van der Waals surface area contributed by atoms with Gasteiger partial charge in [-0.3, -0.25) is 0 Å². The summed E-state index contributed by atoms with van der Waals surface area (Å²) in [6, 6.07) is 8.11. The number of thiazole rings is 1. The largest absolute Gasteiger partial charge is 0.463 e. The highest BCUT2D eigenvalue weighted by Gasteiger charge is 2.31. The number of aryl methyl sites for hydroxylation is 2. The first-order valence-electron chi connectivity index (χ1n) is 7.53. The number of rotatable bonds is 4. The van der Waals surface area contributed by atoms with Crippen molar-refractivity contribution < 1.29 is 19.1 Å². The number of nitrogens with zero attached hydrogens (tertiary/aromatic N) is 1. The van der Waals surface area contributed by atoms with Gasteiger partial charge in [0.25, 0.3) is 0 Å². The molecule has 1 aromatic heterocycles. The first-order chi connectivity index (χ1) is 11.1. The molecule has 120 valence electrons. The van der Waals surface area contributed by atoms with Crippen LogP contribution in [-0.4, -0.2) is 29.6 Å². The molecule has 1 aliphatic rings. The number of carbonyl (C=O) groups excluding carboxylic acids is 2. The molecule has 0 spiro atoms. The minimum absolute atomic E-state index is 0.299. The Morgan fingerprint density at radius 1 is 1.39 bits per heavy atom. The molecule has 5 nitrogen and oxygen atoms in total. The summed E-state index contributed by atoms with van der Waals surface area (Å²) in [5.74, 6) is -0.990. The third-order valence-electron chi connectivity index (χ3n) is 3.73. The van der Waals surface area contributed by atoms with Crippen LogP contribution in [0, 0.1) is 6.92 Å². The molecule has 3 rings (SSSR count). The van der Waals surface area contributed by atoms with Crippen LogP contribution in [0.3, 0.4) is 0 Å². The van der Waals surface area contributed by atoms with Crippen molar-refractivity contribution in [3.05, 3.63) is 40.4 Å². The van der Waals surface area contributed by atoms with Gasteiger partial charge in [0.15, 0.2) is 0 Å². The van der Waals surface area contributed by atoms with Crippen molar-refractivity contribution in [3.63, 3.8) is 0 Å². The van der Waals surface area contributed by atoms with Crippen LogP contribution in [0.1, 0.15) is 34.3 Å². The van der Waals surface area contributed by atoms with Gasteiger partial charge in [0.05, 0.1) is 12.3 Å². The number of hydrogen-bond donors (Lipinski definition) is 0. The van der Waals surface area contributed by atoms with Crippen LogP contribution in [0.4, 0.5) is 0 Å². The lowest BCUT2D eigenvalue weighted by Crippen LogP contribution is -2.22. The first-order valence-corrected chi connectivity index (χ1v) is 8.34. The highest BCUT2D eigenvalue weighted by molar-refractivity contribution is 7.17. The third-order valence-corrected chi connectivity index (χ3v) is 4.91. The van der Waals surface area contributed by atoms with Crippen LogP contribution in [0.15, 0.2) is 24.3 Å². The van der Waals surface area contributed by atoms with E-state index in [2.05, 4.69) is 24.0 Å². The summed E-state index contributed by atoms with van der Waals surface area (Å²) < 4.78 is 10.0. The molecule has 23 heavy (non-hydrogen) atoms. The summed E-state index contributed by atoms with van der Waals surface area (Å²) >= 11 is 1.28. The smallest absolute Gasteiger partial charge is 0.351 e. The Morgan fingerprint density at radius 2 is 2.13 bits per heavy atom. The Balaban J connectivity index is 1.79. The molecule has 0 saturated carbocycles. The van der Waals surface area contributed by atoms with Crippen LogP contribution in [0.5, 0.6) is 0 Å². The second kappa shape index (κ2) is 6.50. The Hall–Kier alpha value is -2.21. The van der Waals surface area contributed by atoms with Gasteiger partial charge in [-0.05, 0) is 18.9 Å². The van der Waals surface area contributed by atoms with E-state index in [0.717, 1.165) is 17.0 Å². The van der Waals surface area contributed by atoms with Crippen LogP contribution < -0.4 is 0 Å². The van der Waals surface area contributed by atoms with Crippen molar-refractivity contribution in [3.8, 4) is 10.6 Å². The second-order valence-electron chi connectivity index (χ2n) is 5.33. The predicted octanol–water partition coefficient (Wildman–Crippen LogP) is 3.15. The van der Waals surface area contributed by atoms with Crippen LogP contribution >= 0.6 is 11.3 Å². The Bertz CT molecular complexity index is 736. The van der Waals surface area contributed by atoms with Crippen molar-refractivity contribution in [1.82, 2.24) is 4.98 Å². The summed E-state index contributed by atoms with van der Waals surface area (Å²) in [6.45, 7) is 4.17. The number of aromatic nitrogens is 1. The Morgan fingerprint density at radius 3 is 2.74 bits per heavy atom. The number of ether oxygens (including phenoxy) is 2. The fourth-order valence-electron chi connectivity index (χ4n) is 2.36. The molecule has 1 aliphatic heterocycles. The van der Waals surface area contributed by atoms with Gasteiger partial charge in [-0.15, -0.1) is 11.3 Å². The molecule has 0 bridgehead atoms. The summed E-state index contributed by atoms with van der Waals surface area (Å²) in [7, 11) is 0. The number of esters is 2. The van der Waals surface area contributed by atoms with E-state index in [1.807, 2.05) is 12.1 Å². The molecule has 1 aromatic carbocycles. The monoisotopic (exact) mass is 331 g/mol. The lowest BCUT2D eigenvalue weighted by atomic mass is 10.1. The van der Waals surface area contributed by atoms with E-state index >= 15 is 0 Å². The summed E-state index contributed by atoms with van der Waals surface area (Å²) in [4.78, 5) is 28.5. The molecule has 1 atom stereocenters. The lowest BCUT2D eigenvalue weighted by molar-refractivity contribution is -0.145. The van der Waals surface area contributed by atoms with Gasteiger partial charge in [0, 0.05) is 12.0 Å². The molecule has 0 aliphatic carbocycles. The van der Waals surface area contributed by atoms with E-state index in [4.69, 9.17) is 9.47 Å². The molecule has 1 saturated heterocycles.